The molecule has 2 saturated heterocycles. The van der Waals surface area contributed by atoms with Gasteiger partial charge in [-0.2, -0.15) is 0 Å². The van der Waals surface area contributed by atoms with Gasteiger partial charge in [-0.05, 0) is 12.8 Å². The molecule has 3 aliphatic rings. The predicted octanol–water partition coefficient (Wildman–Crippen LogP) is 1.62. The molecule has 0 radical (unpaired) electrons. The first-order valence-corrected chi connectivity index (χ1v) is 7.79. The summed E-state index contributed by atoms with van der Waals surface area (Å²) < 4.78 is 11.2. The van der Waals surface area contributed by atoms with Crippen molar-refractivity contribution in [1.29, 1.82) is 0 Å². The van der Waals surface area contributed by atoms with E-state index >= 15 is 0 Å². The van der Waals surface area contributed by atoms with Gasteiger partial charge < -0.3 is 20.1 Å². The molecule has 0 spiro atoms. The molecule has 3 rings (SSSR count). The fourth-order valence-electron chi connectivity index (χ4n) is 3.94. The fourth-order valence-corrected chi connectivity index (χ4v) is 3.94. The quantitative estimate of drug-likeness (QED) is 0.423. The van der Waals surface area contributed by atoms with Gasteiger partial charge in [-0.1, -0.05) is 13.8 Å². The summed E-state index contributed by atoms with van der Waals surface area (Å²) in [6.45, 7) is 8.19. The Morgan fingerprint density at radius 2 is 2.10 bits per heavy atom. The molecule has 0 aromatic heterocycles. The van der Waals surface area contributed by atoms with Gasteiger partial charge >= 0.3 is 0 Å². The van der Waals surface area contributed by atoms with Crippen LogP contribution in [0.4, 0.5) is 0 Å². The molecule has 0 bridgehead atoms. The molecule has 4 unspecified atom stereocenters. The average Bonchev–Trinajstić information content (AvgIpc) is 3.08. The van der Waals surface area contributed by atoms with Crippen LogP contribution >= 0.6 is 24.0 Å². The number of hydrogen-bond acceptors (Lipinski definition) is 3. The maximum atomic E-state index is 5.84. The van der Waals surface area contributed by atoms with Gasteiger partial charge in [-0.3, -0.25) is 4.99 Å². The van der Waals surface area contributed by atoms with Crippen molar-refractivity contribution >= 4 is 29.9 Å². The molecule has 122 valence electrons. The Hall–Kier alpha value is -0.0800. The number of ether oxygens (including phenoxy) is 2. The maximum absolute atomic E-state index is 5.84. The largest absolute Gasteiger partial charge is 0.381 e. The van der Waals surface area contributed by atoms with Crippen molar-refractivity contribution in [2.45, 2.75) is 38.8 Å². The lowest BCUT2D eigenvalue weighted by Crippen LogP contribution is -2.68. The SMILES string of the molecule is CN=C(NCC1CCOC1)NC1C2CCOC2C1(C)C.I. The smallest absolute Gasteiger partial charge is 0.191 e. The molecule has 3 fully saturated rings. The van der Waals surface area contributed by atoms with Crippen molar-refractivity contribution in [3.8, 4) is 0 Å². The van der Waals surface area contributed by atoms with E-state index in [1.807, 2.05) is 7.05 Å². The van der Waals surface area contributed by atoms with Crippen molar-refractivity contribution in [3.05, 3.63) is 0 Å². The normalized spacial score (nSPS) is 37.4. The molecule has 1 aliphatic carbocycles. The summed E-state index contributed by atoms with van der Waals surface area (Å²) in [4.78, 5) is 4.36. The number of guanidine groups is 1. The van der Waals surface area contributed by atoms with E-state index < -0.39 is 0 Å². The van der Waals surface area contributed by atoms with Gasteiger partial charge in [0, 0.05) is 50.1 Å². The Bertz CT molecular complexity index is 383. The van der Waals surface area contributed by atoms with Crippen molar-refractivity contribution in [1.82, 2.24) is 10.6 Å². The van der Waals surface area contributed by atoms with Crippen LogP contribution in [0, 0.1) is 17.3 Å². The molecule has 21 heavy (non-hydrogen) atoms. The number of hydrogen-bond donors (Lipinski definition) is 2. The Labute approximate surface area is 144 Å². The highest BCUT2D eigenvalue weighted by Crippen LogP contribution is 2.52. The summed E-state index contributed by atoms with van der Waals surface area (Å²) in [5.41, 5.74) is 0.190. The van der Waals surface area contributed by atoms with E-state index in [0.29, 0.717) is 24.0 Å². The highest BCUT2D eigenvalue weighted by Gasteiger charge is 2.59. The minimum absolute atomic E-state index is 0. The zero-order valence-electron chi connectivity index (χ0n) is 13.2. The van der Waals surface area contributed by atoms with Gasteiger partial charge in [-0.25, -0.2) is 0 Å². The Morgan fingerprint density at radius 1 is 1.29 bits per heavy atom. The van der Waals surface area contributed by atoms with E-state index in [1.165, 1.54) is 6.42 Å². The summed E-state index contributed by atoms with van der Waals surface area (Å²) in [5, 5.41) is 7.05. The van der Waals surface area contributed by atoms with Crippen LogP contribution < -0.4 is 10.6 Å². The number of halogens is 1. The first-order chi connectivity index (χ1) is 9.63. The van der Waals surface area contributed by atoms with E-state index in [4.69, 9.17) is 9.47 Å². The van der Waals surface area contributed by atoms with Gasteiger partial charge in [0.2, 0.25) is 0 Å². The summed E-state index contributed by atoms with van der Waals surface area (Å²) in [6, 6.07) is 0.459. The molecule has 0 amide bonds. The third kappa shape index (κ3) is 3.32. The van der Waals surface area contributed by atoms with Crippen LogP contribution in [-0.4, -0.2) is 51.5 Å². The van der Waals surface area contributed by atoms with Gasteiger partial charge in [-0.15, -0.1) is 24.0 Å². The fraction of sp³-hybridized carbons (Fsp3) is 0.933. The maximum Gasteiger partial charge on any atom is 0.191 e. The van der Waals surface area contributed by atoms with E-state index in [-0.39, 0.29) is 29.4 Å². The predicted molar refractivity (Wildman–Crippen MR) is 94.3 cm³/mol. The number of aliphatic imine (C=N–C) groups is 1. The van der Waals surface area contributed by atoms with Crippen LogP contribution in [0.3, 0.4) is 0 Å². The number of rotatable bonds is 3. The zero-order chi connectivity index (χ0) is 14.2. The zero-order valence-corrected chi connectivity index (χ0v) is 15.6. The first kappa shape index (κ1) is 17.3. The second-order valence-corrected chi connectivity index (χ2v) is 6.87. The van der Waals surface area contributed by atoms with Crippen molar-refractivity contribution < 1.29 is 9.47 Å². The second kappa shape index (κ2) is 7.00. The first-order valence-electron chi connectivity index (χ1n) is 7.79. The molecular formula is C15H28IN3O2. The molecule has 5 nitrogen and oxygen atoms in total. The Kier molecular flexibility index (Phi) is 5.76. The van der Waals surface area contributed by atoms with Gasteiger partial charge in [0.1, 0.15) is 0 Å². The molecule has 2 heterocycles. The van der Waals surface area contributed by atoms with E-state index in [9.17, 15) is 0 Å². The summed E-state index contributed by atoms with van der Waals surface area (Å²) in [5.74, 6) is 2.17. The number of nitrogens with zero attached hydrogens (tertiary/aromatic N) is 1. The van der Waals surface area contributed by atoms with Crippen LogP contribution in [0.15, 0.2) is 4.99 Å². The topological polar surface area (TPSA) is 54.9 Å². The lowest BCUT2D eigenvalue weighted by Gasteiger charge is -2.54. The van der Waals surface area contributed by atoms with Crippen LogP contribution in [0.25, 0.3) is 0 Å². The van der Waals surface area contributed by atoms with Crippen LogP contribution in [0.2, 0.25) is 0 Å². The lowest BCUT2D eigenvalue weighted by atomic mass is 9.57. The third-order valence-electron chi connectivity index (χ3n) is 5.20. The molecular weight excluding hydrogens is 381 g/mol. The number of nitrogens with one attached hydrogen (secondary N) is 2. The summed E-state index contributed by atoms with van der Waals surface area (Å²) in [6.07, 6.45) is 2.73. The average molecular weight is 409 g/mol. The minimum Gasteiger partial charge on any atom is -0.381 e. The van der Waals surface area contributed by atoms with Crippen LogP contribution in [0.1, 0.15) is 26.7 Å². The third-order valence-corrected chi connectivity index (χ3v) is 5.20. The molecule has 1 saturated carbocycles. The minimum atomic E-state index is 0. The van der Waals surface area contributed by atoms with Gasteiger partial charge in [0.25, 0.3) is 0 Å². The van der Waals surface area contributed by atoms with E-state index in [0.717, 1.165) is 38.7 Å². The second-order valence-electron chi connectivity index (χ2n) is 6.87. The molecule has 2 aliphatic heterocycles. The van der Waals surface area contributed by atoms with Crippen molar-refractivity contribution in [3.63, 3.8) is 0 Å². The van der Waals surface area contributed by atoms with Crippen LogP contribution in [0.5, 0.6) is 0 Å². The van der Waals surface area contributed by atoms with Crippen LogP contribution in [-0.2, 0) is 9.47 Å². The standard InChI is InChI=1S/C15H27N3O2.HI/c1-15(2)12(11-5-7-20-13(11)15)18-14(16-3)17-8-10-4-6-19-9-10;/h10-13H,4-9H2,1-3H3,(H2,16,17,18);1H. The molecule has 4 atom stereocenters. The lowest BCUT2D eigenvalue weighted by molar-refractivity contribution is -0.106. The molecule has 2 N–H and O–H groups in total. The highest BCUT2D eigenvalue weighted by molar-refractivity contribution is 14.0. The van der Waals surface area contributed by atoms with E-state index in [1.54, 1.807) is 0 Å². The van der Waals surface area contributed by atoms with Gasteiger partial charge in [0.05, 0.1) is 12.7 Å². The molecule has 0 aromatic carbocycles. The monoisotopic (exact) mass is 409 g/mol. The Morgan fingerprint density at radius 3 is 2.76 bits per heavy atom. The Balaban J connectivity index is 0.00000161. The van der Waals surface area contributed by atoms with E-state index in [2.05, 4.69) is 29.5 Å². The molecule has 6 heteroatoms. The summed E-state index contributed by atoms with van der Waals surface area (Å²) >= 11 is 0. The van der Waals surface area contributed by atoms with Crippen molar-refractivity contribution in [2.75, 3.05) is 33.4 Å². The molecule has 0 aromatic rings. The van der Waals surface area contributed by atoms with Crippen molar-refractivity contribution in [2.24, 2.45) is 22.2 Å². The number of fused-ring (bicyclic) bond motifs is 1. The highest BCUT2D eigenvalue weighted by atomic mass is 127. The summed E-state index contributed by atoms with van der Waals surface area (Å²) in [7, 11) is 1.84. The van der Waals surface area contributed by atoms with Gasteiger partial charge in [0.15, 0.2) is 5.96 Å².